The number of hydrogen-bond acceptors (Lipinski definition) is 2. The van der Waals surface area contributed by atoms with E-state index in [9.17, 15) is 0 Å². The molecule has 1 rings (SSSR count). The van der Waals surface area contributed by atoms with Crippen LogP contribution in [0.4, 0.5) is 5.69 Å². The molecule has 0 spiro atoms. The molecule has 0 bridgehead atoms. The molecule has 0 aliphatic heterocycles. The largest absolute Gasteiger partial charge is 0.378 e. The second-order valence-corrected chi connectivity index (χ2v) is 3.88. The van der Waals surface area contributed by atoms with Crippen molar-refractivity contribution in [1.82, 2.24) is 0 Å². The van der Waals surface area contributed by atoms with Gasteiger partial charge in [0.25, 0.3) is 0 Å². The molecule has 0 aromatic heterocycles. The van der Waals surface area contributed by atoms with Gasteiger partial charge in [-0.2, -0.15) is 0 Å². The van der Waals surface area contributed by atoms with Crippen LogP contribution < -0.4 is 10.6 Å². The quantitative estimate of drug-likeness (QED) is 0.794. The number of hydrogen-bond donors (Lipinski definition) is 1. The van der Waals surface area contributed by atoms with Gasteiger partial charge in [-0.05, 0) is 24.1 Å². The zero-order valence-corrected chi connectivity index (χ0v) is 9.33. The van der Waals surface area contributed by atoms with Crippen molar-refractivity contribution in [3.05, 3.63) is 29.8 Å². The van der Waals surface area contributed by atoms with Gasteiger partial charge in [-0.25, -0.2) is 0 Å². The molecule has 0 saturated heterocycles. The summed E-state index contributed by atoms with van der Waals surface area (Å²) in [5.41, 5.74) is 8.51. The Bertz CT molecular complexity index is 281. The van der Waals surface area contributed by atoms with Gasteiger partial charge in [0.2, 0.25) is 0 Å². The fourth-order valence-electron chi connectivity index (χ4n) is 1.51. The zero-order valence-electron chi connectivity index (χ0n) is 9.33. The van der Waals surface area contributed by atoms with Gasteiger partial charge < -0.3 is 10.6 Å². The van der Waals surface area contributed by atoms with Crippen molar-refractivity contribution in [2.75, 3.05) is 19.0 Å². The highest BCUT2D eigenvalue weighted by Crippen LogP contribution is 2.20. The van der Waals surface area contributed by atoms with E-state index in [1.54, 1.807) is 0 Å². The van der Waals surface area contributed by atoms with E-state index >= 15 is 0 Å². The summed E-state index contributed by atoms with van der Waals surface area (Å²) < 4.78 is 0. The standard InChI is InChI=1S/C12H20N2/c1-4-6-12(13)10-7-5-8-11(9-10)14(2)3/h5,7-9,12H,4,6,13H2,1-3H3. The van der Waals surface area contributed by atoms with Gasteiger partial charge in [-0.1, -0.05) is 25.5 Å². The first-order valence-corrected chi connectivity index (χ1v) is 5.18. The Kier molecular flexibility index (Phi) is 3.96. The van der Waals surface area contributed by atoms with Crippen molar-refractivity contribution in [2.45, 2.75) is 25.8 Å². The molecule has 0 amide bonds. The van der Waals surface area contributed by atoms with E-state index in [1.165, 1.54) is 11.3 Å². The van der Waals surface area contributed by atoms with Crippen LogP contribution in [0, 0.1) is 0 Å². The maximum Gasteiger partial charge on any atom is 0.0364 e. The molecule has 0 aliphatic carbocycles. The minimum Gasteiger partial charge on any atom is -0.378 e. The third-order valence-electron chi connectivity index (χ3n) is 2.41. The van der Waals surface area contributed by atoms with Crippen LogP contribution in [-0.4, -0.2) is 14.1 Å². The van der Waals surface area contributed by atoms with E-state index in [0.29, 0.717) is 0 Å². The monoisotopic (exact) mass is 192 g/mol. The van der Waals surface area contributed by atoms with Crippen LogP contribution in [0.15, 0.2) is 24.3 Å². The molecular formula is C12H20N2. The fraction of sp³-hybridized carbons (Fsp3) is 0.500. The number of benzene rings is 1. The molecule has 0 radical (unpaired) electrons. The summed E-state index contributed by atoms with van der Waals surface area (Å²) in [7, 11) is 4.09. The van der Waals surface area contributed by atoms with Gasteiger partial charge in [0.1, 0.15) is 0 Å². The average Bonchev–Trinajstić information content (AvgIpc) is 2.18. The highest BCUT2D eigenvalue weighted by atomic mass is 15.1. The molecular weight excluding hydrogens is 172 g/mol. The molecule has 0 heterocycles. The van der Waals surface area contributed by atoms with Crippen LogP contribution in [0.1, 0.15) is 31.4 Å². The van der Waals surface area contributed by atoms with E-state index in [2.05, 4.69) is 36.1 Å². The summed E-state index contributed by atoms with van der Waals surface area (Å²) in [5.74, 6) is 0. The Morgan fingerprint density at radius 1 is 1.36 bits per heavy atom. The molecule has 1 atom stereocenters. The maximum absolute atomic E-state index is 6.06. The van der Waals surface area contributed by atoms with E-state index < -0.39 is 0 Å². The van der Waals surface area contributed by atoms with Crippen molar-refractivity contribution in [3.63, 3.8) is 0 Å². The molecule has 0 aliphatic rings. The van der Waals surface area contributed by atoms with Gasteiger partial charge in [0, 0.05) is 25.8 Å². The van der Waals surface area contributed by atoms with Gasteiger partial charge in [-0.3, -0.25) is 0 Å². The lowest BCUT2D eigenvalue weighted by Crippen LogP contribution is -2.12. The topological polar surface area (TPSA) is 29.3 Å². The van der Waals surface area contributed by atoms with E-state index in [1.807, 2.05) is 14.1 Å². The summed E-state index contributed by atoms with van der Waals surface area (Å²) in [6.07, 6.45) is 2.18. The van der Waals surface area contributed by atoms with Crippen LogP contribution in [0.2, 0.25) is 0 Å². The van der Waals surface area contributed by atoms with E-state index in [0.717, 1.165) is 12.8 Å². The smallest absolute Gasteiger partial charge is 0.0364 e. The minimum atomic E-state index is 0.180. The molecule has 14 heavy (non-hydrogen) atoms. The van der Waals surface area contributed by atoms with Crippen molar-refractivity contribution in [2.24, 2.45) is 5.73 Å². The first-order valence-electron chi connectivity index (χ1n) is 5.18. The van der Waals surface area contributed by atoms with Crippen LogP contribution in [0.3, 0.4) is 0 Å². The molecule has 1 unspecified atom stereocenters. The van der Waals surface area contributed by atoms with Crippen LogP contribution in [0.25, 0.3) is 0 Å². The van der Waals surface area contributed by atoms with Gasteiger partial charge in [0.05, 0.1) is 0 Å². The Hall–Kier alpha value is -1.02. The molecule has 2 N–H and O–H groups in total. The Morgan fingerprint density at radius 2 is 2.07 bits per heavy atom. The number of nitrogens with two attached hydrogens (primary N) is 1. The average molecular weight is 192 g/mol. The van der Waals surface area contributed by atoms with Gasteiger partial charge in [-0.15, -0.1) is 0 Å². The van der Waals surface area contributed by atoms with Crippen LogP contribution >= 0.6 is 0 Å². The van der Waals surface area contributed by atoms with Gasteiger partial charge in [0.15, 0.2) is 0 Å². The maximum atomic E-state index is 6.06. The normalized spacial score (nSPS) is 12.6. The summed E-state index contributed by atoms with van der Waals surface area (Å²) >= 11 is 0. The molecule has 0 fully saturated rings. The lowest BCUT2D eigenvalue weighted by atomic mass is 10.0. The molecule has 1 aromatic carbocycles. The Balaban J connectivity index is 2.82. The predicted molar refractivity (Wildman–Crippen MR) is 62.6 cm³/mol. The predicted octanol–water partition coefficient (Wildman–Crippen LogP) is 2.55. The minimum absolute atomic E-state index is 0.180. The number of anilines is 1. The third-order valence-corrected chi connectivity index (χ3v) is 2.41. The molecule has 78 valence electrons. The first-order chi connectivity index (χ1) is 6.65. The van der Waals surface area contributed by atoms with E-state index in [-0.39, 0.29) is 6.04 Å². The zero-order chi connectivity index (χ0) is 10.6. The van der Waals surface area contributed by atoms with Crippen molar-refractivity contribution in [3.8, 4) is 0 Å². The van der Waals surface area contributed by atoms with E-state index in [4.69, 9.17) is 5.73 Å². The highest BCUT2D eigenvalue weighted by Gasteiger charge is 2.05. The molecule has 1 aromatic rings. The number of nitrogens with zero attached hydrogens (tertiary/aromatic N) is 1. The van der Waals surface area contributed by atoms with Crippen molar-refractivity contribution < 1.29 is 0 Å². The first kappa shape index (κ1) is 11.1. The molecule has 0 saturated carbocycles. The summed E-state index contributed by atoms with van der Waals surface area (Å²) in [6.45, 7) is 2.16. The highest BCUT2D eigenvalue weighted by molar-refractivity contribution is 5.47. The number of rotatable bonds is 4. The second kappa shape index (κ2) is 5.01. The Morgan fingerprint density at radius 3 is 2.64 bits per heavy atom. The van der Waals surface area contributed by atoms with Crippen molar-refractivity contribution in [1.29, 1.82) is 0 Å². The lowest BCUT2D eigenvalue weighted by Gasteiger charge is -2.16. The van der Waals surface area contributed by atoms with Crippen LogP contribution in [-0.2, 0) is 0 Å². The lowest BCUT2D eigenvalue weighted by molar-refractivity contribution is 0.638. The van der Waals surface area contributed by atoms with Crippen LogP contribution in [0.5, 0.6) is 0 Å². The van der Waals surface area contributed by atoms with Crippen molar-refractivity contribution >= 4 is 5.69 Å². The summed E-state index contributed by atoms with van der Waals surface area (Å²) in [5, 5.41) is 0. The summed E-state index contributed by atoms with van der Waals surface area (Å²) in [6, 6.07) is 8.62. The fourth-order valence-corrected chi connectivity index (χ4v) is 1.51. The third kappa shape index (κ3) is 2.74. The SMILES string of the molecule is CCCC(N)c1cccc(N(C)C)c1. The van der Waals surface area contributed by atoms with Gasteiger partial charge >= 0.3 is 0 Å². The Labute approximate surface area is 86.7 Å². The summed E-state index contributed by atoms with van der Waals surface area (Å²) in [4.78, 5) is 2.10. The molecule has 2 nitrogen and oxygen atoms in total. The molecule has 2 heteroatoms. The second-order valence-electron chi connectivity index (χ2n) is 3.88.